The molecular weight excluding hydrogens is 370 g/mol. The number of aryl methyl sites for hydroxylation is 1. The third-order valence-electron chi connectivity index (χ3n) is 5.21. The first-order valence-corrected chi connectivity index (χ1v) is 10.9. The molecule has 2 heterocycles. The van der Waals surface area contributed by atoms with Crippen molar-refractivity contribution in [2.45, 2.75) is 55.6 Å². The Bertz CT molecular complexity index is 928. The largest absolute Gasteiger partial charge is 0.319 e. The summed E-state index contributed by atoms with van der Waals surface area (Å²) in [5, 5.41) is 0. The van der Waals surface area contributed by atoms with E-state index >= 15 is 0 Å². The second-order valence-corrected chi connectivity index (χ2v) is 9.20. The Hall–Kier alpha value is -1.79. The van der Waals surface area contributed by atoms with Crippen LogP contribution in [0.3, 0.4) is 0 Å². The molecule has 1 fully saturated rings. The Kier molecular flexibility index (Phi) is 4.57. The fourth-order valence-corrected chi connectivity index (χ4v) is 5.49. The van der Waals surface area contributed by atoms with Crippen molar-refractivity contribution < 1.29 is 8.42 Å². The molecule has 7 heteroatoms. The van der Waals surface area contributed by atoms with E-state index < -0.39 is 15.6 Å². The Labute approximate surface area is 159 Å². The van der Waals surface area contributed by atoms with E-state index in [4.69, 9.17) is 11.6 Å². The van der Waals surface area contributed by atoms with E-state index in [0.717, 1.165) is 36.8 Å². The summed E-state index contributed by atoms with van der Waals surface area (Å²) >= 11 is 6.51. The van der Waals surface area contributed by atoms with E-state index in [1.807, 2.05) is 24.0 Å². The van der Waals surface area contributed by atoms with Gasteiger partial charge >= 0.3 is 0 Å². The molecule has 1 aromatic heterocycles. The number of aliphatic imine (C=N–C) groups is 1. The first-order chi connectivity index (χ1) is 12.5. The van der Waals surface area contributed by atoms with Crippen LogP contribution >= 0.6 is 11.6 Å². The molecule has 0 bridgehead atoms. The van der Waals surface area contributed by atoms with Crippen molar-refractivity contribution in [2.75, 3.05) is 4.90 Å². The Morgan fingerprint density at radius 3 is 2.46 bits per heavy atom. The highest BCUT2D eigenvalue weighted by molar-refractivity contribution is 7.90. The quantitative estimate of drug-likeness (QED) is 0.584. The van der Waals surface area contributed by atoms with Gasteiger partial charge in [0.1, 0.15) is 5.82 Å². The number of fused-ring (bicyclic) bond motifs is 1. The molecule has 0 N–H and O–H groups in total. The van der Waals surface area contributed by atoms with E-state index in [0.29, 0.717) is 5.82 Å². The van der Waals surface area contributed by atoms with Crippen LogP contribution in [-0.2, 0) is 10.0 Å². The van der Waals surface area contributed by atoms with Crippen molar-refractivity contribution in [2.24, 2.45) is 4.99 Å². The summed E-state index contributed by atoms with van der Waals surface area (Å²) in [4.78, 5) is 6.63. The van der Waals surface area contributed by atoms with Crippen LogP contribution in [0.2, 0.25) is 0 Å². The molecule has 0 spiro atoms. The van der Waals surface area contributed by atoms with Gasteiger partial charge in [-0.2, -0.15) is 0 Å². The highest BCUT2D eigenvalue weighted by atomic mass is 35.5. The second kappa shape index (κ2) is 6.74. The number of benzene rings is 1. The number of rotatable bonds is 3. The molecule has 2 aromatic rings. The molecule has 1 atom stereocenters. The van der Waals surface area contributed by atoms with Crippen LogP contribution in [0.15, 0.2) is 46.4 Å². The summed E-state index contributed by atoms with van der Waals surface area (Å²) in [6.45, 7) is 1.94. The summed E-state index contributed by atoms with van der Waals surface area (Å²) in [5.74, 6) is 0.632. The van der Waals surface area contributed by atoms with Gasteiger partial charge in [-0.3, -0.25) is 4.99 Å². The lowest BCUT2D eigenvalue weighted by Gasteiger charge is -2.39. The zero-order chi connectivity index (χ0) is 18.3. The van der Waals surface area contributed by atoms with Crippen LogP contribution in [0.4, 0.5) is 5.82 Å². The minimum absolute atomic E-state index is 0.212. The van der Waals surface area contributed by atoms with Gasteiger partial charge in [0.2, 0.25) is 0 Å². The maximum absolute atomic E-state index is 13.3. The van der Waals surface area contributed by atoms with Crippen molar-refractivity contribution in [1.29, 1.82) is 0 Å². The fraction of sp³-hybridized carbons (Fsp3) is 0.421. The van der Waals surface area contributed by atoms with Gasteiger partial charge in [0.15, 0.2) is 5.62 Å². The minimum Gasteiger partial charge on any atom is -0.319 e. The van der Waals surface area contributed by atoms with E-state index in [2.05, 4.69) is 4.99 Å². The molecule has 5 nitrogen and oxygen atoms in total. The van der Waals surface area contributed by atoms with Crippen molar-refractivity contribution in [3.05, 3.63) is 47.7 Å². The maximum atomic E-state index is 13.3. The second-order valence-electron chi connectivity index (χ2n) is 7.00. The van der Waals surface area contributed by atoms with Gasteiger partial charge in [-0.1, -0.05) is 48.6 Å². The van der Waals surface area contributed by atoms with E-state index in [1.54, 1.807) is 30.6 Å². The number of hydrogen-bond donors (Lipinski definition) is 0. The topological polar surface area (TPSA) is 54.7 Å². The Balaban J connectivity index is 1.81. The fourth-order valence-electron chi connectivity index (χ4n) is 3.82. The molecule has 0 amide bonds. The van der Waals surface area contributed by atoms with Crippen LogP contribution in [0.25, 0.3) is 0 Å². The maximum Gasteiger partial charge on any atom is 0.269 e. The van der Waals surface area contributed by atoms with Crippen LogP contribution in [-0.4, -0.2) is 30.3 Å². The number of alkyl halides is 1. The lowest BCUT2D eigenvalue weighted by Crippen LogP contribution is -2.44. The number of halogens is 1. The lowest BCUT2D eigenvalue weighted by atomic mass is 9.94. The van der Waals surface area contributed by atoms with E-state index in [9.17, 15) is 8.42 Å². The SMILES string of the molecule is Cc1ccc(S(=O)(=O)n2ccc3c2N(C2CCCCC2)C(Cl)N=C3)cc1. The monoisotopic (exact) mass is 391 g/mol. The van der Waals surface area contributed by atoms with Gasteiger partial charge in [-0.25, -0.2) is 12.4 Å². The van der Waals surface area contributed by atoms with Crippen LogP contribution in [0.5, 0.6) is 0 Å². The summed E-state index contributed by atoms with van der Waals surface area (Å²) in [7, 11) is -3.69. The van der Waals surface area contributed by atoms with E-state index in [-0.39, 0.29) is 10.9 Å². The van der Waals surface area contributed by atoms with Gasteiger partial charge in [0, 0.05) is 24.0 Å². The predicted molar refractivity (Wildman–Crippen MR) is 105 cm³/mol. The average molecular weight is 392 g/mol. The molecule has 1 aromatic carbocycles. The zero-order valence-corrected chi connectivity index (χ0v) is 16.2. The molecule has 2 aliphatic rings. The van der Waals surface area contributed by atoms with Crippen molar-refractivity contribution in [1.82, 2.24) is 3.97 Å². The molecule has 4 rings (SSSR count). The highest BCUT2D eigenvalue weighted by Gasteiger charge is 2.35. The van der Waals surface area contributed by atoms with Crippen LogP contribution < -0.4 is 4.90 Å². The zero-order valence-electron chi connectivity index (χ0n) is 14.7. The Morgan fingerprint density at radius 1 is 1.08 bits per heavy atom. The molecule has 26 heavy (non-hydrogen) atoms. The molecule has 1 aliphatic heterocycles. The van der Waals surface area contributed by atoms with Gasteiger partial charge in [0.05, 0.1) is 4.90 Å². The molecule has 0 saturated heterocycles. The third-order valence-corrected chi connectivity index (χ3v) is 7.22. The highest BCUT2D eigenvalue weighted by Crippen LogP contribution is 2.37. The summed E-state index contributed by atoms with van der Waals surface area (Å²) in [6.07, 6.45) is 8.78. The molecule has 1 saturated carbocycles. The predicted octanol–water partition coefficient (Wildman–Crippen LogP) is 4.13. The smallest absolute Gasteiger partial charge is 0.269 e. The van der Waals surface area contributed by atoms with Crippen molar-refractivity contribution >= 4 is 33.7 Å². The molecule has 0 radical (unpaired) electrons. The van der Waals surface area contributed by atoms with Crippen molar-refractivity contribution in [3.63, 3.8) is 0 Å². The first kappa shape index (κ1) is 17.6. The number of aromatic nitrogens is 1. The number of hydrogen-bond acceptors (Lipinski definition) is 4. The lowest BCUT2D eigenvalue weighted by molar-refractivity contribution is 0.406. The van der Waals surface area contributed by atoms with Crippen LogP contribution in [0.1, 0.15) is 43.2 Å². The normalized spacial score (nSPS) is 21.0. The minimum atomic E-state index is -3.69. The standard InChI is InChI=1S/C19H22ClN3O2S/c1-14-7-9-17(10-8-14)26(24,25)22-12-11-15-13-21-19(20)23(18(15)22)16-5-3-2-4-6-16/h7-13,16,19H,2-6H2,1H3. The summed E-state index contributed by atoms with van der Waals surface area (Å²) in [5.41, 5.74) is 1.24. The summed E-state index contributed by atoms with van der Waals surface area (Å²) < 4.78 is 27.9. The number of anilines is 1. The molecular formula is C19H22ClN3O2S. The first-order valence-electron chi connectivity index (χ1n) is 8.98. The molecule has 1 unspecified atom stereocenters. The van der Waals surface area contributed by atoms with Gasteiger partial charge in [-0.15, -0.1) is 0 Å². The van der Waals surface area contributed by atoms with E-state index in [1.165, 1.54) is 10.4 Å². The average Bonchev–Trinajstić information content (AvgIpc) is 3.07. The third kappa shape index (κ3) is 2.95. The van der Waals surface area contributed by atoms with Gasteiger partial charge < -0.3 is 4.90 Å². The molecule has 1 aliphatic carbocycles. The van der Waals surface area contributed by atoms with Gasteiger partial charge in [0.25, 0.3) is 10.0 Å². The van der Waals surface area contributed by atoms with Crippen LogP contribution in [0, 0.1) is 6.92 Å². The molecule has 138 valence electrons. The van der Waals surface area contributed by atoms with Crippen molar-refractivity contribution in [3.8, 4) is 0 Å². The Morgan fingerprint density at radius 2 is 1.77 bits per heavy atom. The van der Waals surface area contributed by atoms with Gasteiger partial charge in [-0.05, 0) is 38.0 Å². The number of nitrogens with zero attached hydrogens (tertiary/aromatic N) is 3. The summed E-state index contributed by atoms with van der Waals surface area (Å²) in [6, 6.07) is 8.93.